The lowest BCUT2D eigenvalue weighted by Crippen LogP contribution is -2.13. The largest absolute Gasteiger partial charge is 0.0654 e. The maximum absolute atomic E-state index is 2.36. The van der Waals surface area contributed by atoms with Crippen molar-refractivity contribution in [2.45, 2.75) is 52.0 Å². The minimum absolute atomic E-state index is 0.537. The quantitative estimate of drug-likeness (QED) is 0.550. The van der Waals surface area contributed by atoms with Crippen LogP contribution in [0.5, 0.6) is 0 Å². The van der Waals surface area contributed by atoms with Gasteiger partial charge in [-0.2, -0.15) is 0 Å². The molecule has 0 bridgehead atoms. The number of hydrogen-bond acceptors (Lipinski definition) is 0. The van der Waals surface area contributed by atoms with Gasteiger partial charge < -0.3 is 0 Å². The van der Waals surface area contributed by atoms with Gasteiger partial charge in [-0.1, -0.05) is 47.0 Å². The van der Waals surface area contributed by atoms with E-state index in [1.165, 1.54) is 19.3 Å². The van der Waals surface area contributed by atoms with Crippen molar-refractivity contribution < 1.29 is 0 Å². The molecule has 0 aliphatic carbocycles. The number of hydrogen-bond donors (Lipinski definition) is 0. The third-order valence-electron chi connectivity index (χ3n) is 2.32. The maximum atomic E-state index is 2.36. The maximum Gasteiger partial charge on any atom is 0.0159 e. The molecule has 0 fully saturated rings. The summed E-state index contributed by atoms with van der Waals surface area (Å²) < 4.78 is 0. The highest BCUT2D eigenvalue weighted by molar-refractivity contribution is 6.14. The second-order valence-electron chi connectivity index (χ2n) is 4.03. The van der Waals surface area contributed by atoms with Crippen LogP contribution in [0.15, 0.2) is 0 Å². The van der Waals surface area contributed by atoms with E-state index in [9.17, 15) is 0 Å². The summed E-state index contributed by atoms with van der Waals surface area (Å²) in [6.07, 6.45) is 4.12. The summed E-state index contributed by atoms with van der Waals surface area (Å²) in [7, 11) is 2.13. The first-order chi connectivity index (χ1) is 4.48. The Morgan fingerprint density at radius 2 is 1.90 bits per heavy atom. The van der Waals surface area contributed by atoms with Gasteiger partial charge in [-0.15, -0.1) is 0 Å². The van der Waals surface area contributed by atoms with Crippen LogP contribution in [0, 0.1) is 5.92 Å². The molecule has 0 rings (SSSR count). The van der Waals surface area contributed by atoms with Gasteiger partial charge in [0.15, 0.2) is 0 Å². The Morgan fingerprint density at radius 1 is 1.40 bits per heavy atom. The van der Waals surface area contributed by atoms with Gasteiger partial charge in [0, 0.05) is 10.2 Å². The highest BCUT2D eigenvalue weighted by Crippen LogP contribution is 2.33. The van der Waals surface area contributed by atoms with E-state index in [1.807, 2.05) is 0 Å². The smallest absolute Gasteiger partial charge is 0.0159 e. The Bertz CT molecular complexity index is 81.2. The Balaban J connectivity index is 3.52. The summed E-state index contributed by atoms with van der Waals surface area (Å²) in [5.41, 5.74) is 0. The molecule has 0 nitrogen and oxygen atoms in total. The molecule has 0 aromatic heterocycles. The van der Waals surface area contributed by atoms with Crippen LogP contribution in [-0.2, 0) is 0 Å². The molecule has 0 aliphatic rings. The van der Waals surface area contributed by atoms with Crippen LogP contribution in [0.4, 0.5) is 0 Å². The van der Waals surface area contributed by atoms with Crippen molar-refractivity contribution in [3.63, 3.8) is 0 Å². The molecule has 1 atom stereocenters. The highest BCUT2D eigenvalue weighted by Gasteiger charge is 2.18. The Kier molecular flexibility index (Phi) is 4.26. The summed E-state index contributed by atoms with van der Waals surface area (Å²) in [5, 5.41) is 0.537. The Morgan fingerprint density at radius 3 is 2.20 bits per heavy atom. The normalized spacial score (nSPS) is 15.3. The van der Waals surface area contributed by atoms with E-state index in [2.05, 4.69) is 37.9 Å². The number of unbranched alkanes of at least 4 members (excludes halogenated alkanes) is 1. The molecule has 1 unspecified atom stereocenters. The highest BCUT2D eigenvalue weighted by atomic mass is 28.1. The van der Waals surface area contributed by atoms with E-state index in [4.69, 9.17) is 0 Å². The molecule has 61 valence electrons. The van der Waals surface area contributed by atoms with Gasteiger partial charge in [0.1, 0.15) is 0 Å². The second kappa shape index (κ2) is 4.17. The molecular weight excluding hydrogens is 136 g/mol. The first-order valence-corrected chi connectivity index (χ1v) is 5.04. The third kappa shape index (κ3) is 4.10. The molecule has 0 aromatic carbocycles. The molecule has 10 heavy (non-hydrogen) atoms. The summed E-state index contributed by atoms with van der Waals surface area (Å²) >= 11 is 0. The fraction of sp³-hybridized carbons (Fsp3) is 1.00. The Labute approximate surface area is 68.8 Å². The van der Waals surface area contributed by atoms with Crippen LogP contribution in [-0.4, -0.2) is 10.2 Å². The average Bonchev–Trinajstić information content (AvgIpc) is 1.80. The van der Waals surface area contributed by atoms with E-state index >= 15 is 0 Å². The van der Waals surface area contributed by atoms with Gasteiger partial charge in [-0.05, 0) is 11.0 Å². The lowest BCUT2D eigenvalue weighted by atomic mass is 9.91. The topological polar surface area (TPSA) is 0 Å². The van der Waals surface area contributed by atoms with Crippen LogP contribution in [0.25, 0.3) is 0 Å². The zero-order valence-corrected chi connectivity index (χ0v) is 9.32. The SMILES string of the molecule is CCCCC(C)C(C)(C)[SiH2]. The molecule has 0 N–H and O–H groups in total. The van der Waals surface area contributed by atoms with Crippen molar-refractivity contribution in [2.75, 3.05) is 0 Å². The fourth-order valence-corrected chi connectivity index (χ4v) is 1.11. The van der Waals surface area contributed by atoms with E-state index in [-0.39, 0.29) is 0 Å². The van der Waals surface area contributed by atoms with Crippen molar-refractivity contribution in [3.05, 3.63) is 0 Å². The number of rotatable bonds is 4. The van der Waals surface area contributed by atoms with Gasteiger partial charge in [0.25, 0.3) is 0 Å². The molecule has 1 heteroatoms. The first kappa shape index (κ1) is 10.2. The van der Waals surface area contributed by atoms with Crippen molar-refractivity contribution in [1.82, 2.24) is 0 Å². The molecule has 1 radical (unpaired) electrons. The predicted molar refractivity (Wildman–Crippen MR) is 51.3 cm³/mol. The lowest BCUT2D eigenvalue weighted by molar-refractivity contribution is 0.399. The van der Waals surface area contributed by atoms with Crippen LogP contribution in [0.1, 0.15) is 47.0 Å². The van der Waals surface area contributed by atoms with Crippen LogP contribution in [0.2, 0.25) is 5.04 Å². The van der Waals surface area contributed by atoms with E-state index in [0.29, 0.717) is 5.04 Å². The minimum atomic E-state index is 0.537. The average molecular weight is 157 g/mol. The minimum Gasteiger partial charge on any atom is -0.0654 e. The molecule has 0 saturated heterocycles. The van der Waals surface area contributed by atoms with Gasteiger partial charge in [-0.3, -0.25) is 0 Å². The van der Waals surface area contributed by atoms with E-state index < -0.39 is 0 Å². The Hall–Kier alpha value is 0.217. The standard InChI is InChI=1S/C9H21Si/c1-5-6-7-8(2)9(3,4)10/h8H,5-7,10H2,1-4H3. The first-order valence-electron chi connectivity index (χ1n) is 4.33. The van der Waals surface area contributed by atoms with Gasteiger partial charge in [0.2, 0.25) is 0 Å². The van der Waals surface area contributed by atoms with Gasteiger partial charge in [0.05, 0.1) is 0 Å². The van der Waals surface area contributed by atoms with E-state index in [1.54, 1.807) is 0 Å². The van der Waals surface area contributed by atoms with E-state index in [0.717, 1.165) is 5.92 Å². The van der Waals surface area contributed by atoms with Gasteiger partial charge >= 0.3 is 0 Å². The lowest BCUT2D eigenvalue weighted by Gasteiger charge is -2.26. The molecule has 0 heterocycles. The van der Waals surface area contributed by atoms with Crippen molar-refractivity contribution >= 4 is 10.2 Å². The molecular formula is C9H21Si. The van der Waals surface area contributed by atoms with Crippen molar-refractivity contribution in [2.24, 2.45) is 5.92 Å². The molecule has 0 amide bonds. The van der Waals surface area contributed by atoms with Gasteiger partial charge in [-0.25, -0.2) is 0 Å². The third-order valence-corrected chi connectivity index (χ3v) is 3.02. The molecule has 0 spiro atoms. The summed E-state index contributed by atoms with van der Waals surface area (Å²) in [6, 6.07) is 0. The summed E-state index contributed by atoms with van der Waals surface area (Å²) in [5.74, 6) is 0.880. The molecule has 0 saturated carbocycles. The van der Waals surface area contributed by atoms with Crippen molar-refractivity contribution in [3.8, 4) is 0 Å². The van der Waals surface area contributed by atoms with Crippen LogP contribution >= 0.6 is 0 Å². The predicted octanol–water partition coefficient (Wildman–Crippen LogP) is 2.64. The zero-order chi connectivity index (χ0) is 8.20. The van der Waals surface area contributed by atoms with Crippen LogP contribution in [0.3, 0.4) is 0 Å². The van der Waals surface area contributed by atoms with Crippen LogP contribution < -0.4 is 0 Å². The molecule has 0 aliphatic heterocycles. The zero-order valence-electron chi connectivity index (χ0n) is 7.91. The summed E-state index contributed by atoms with van der Waals surface area (Å²) in [6.45, 7) is 9.30. The van der Waals surface area contributed by atoms with Crippen molar-refractivity contribution in [1.29, 1.82) is 0 Å². The monoisotopic (exact) mass is 157 g/mol. The molecule has 0 aromatic rings. The summed E-state index contributed by atoms with van der Waals surface area (Å²) in [4.78, 5) is 0. The fourth-order valence-electron chi connectivity index (χ4n) is 0.901. The second-order valence-corrected chi connectivity index (χ2v) is 5.85.